The number of benzene rings is 1. The predicted octanol–water partition coefficient (Wildman–Crippen LogP) is 2.76. The summed E-state index contributed by atoms with van der Waals surface area (Å²) in [5.41, 5.74) is 8.54. The summed E-state index contributed by atoms with van der Waals surface area (Å²) in [5.74, 6) is 0. The van der Waals surface area contributed by atoms with Gasteiger partial charge in [0.2, 0.25) is 0 Å². The first-order chi connectivity index (χ1) is 9.81. The Morgan fingerprint density at radius 1 is 1.15 bits per heavy atom. The zero-order chi connectivity index (χ0) is 13.9. The SMILES string of the molecule is CCC(N)C(c1cccnc1)n1ncc2ccccc21. The van der Waals surface area contributed by atoms with Crippen LogP contribution in [-0.2, 0) is 0 Å². The molecule has 0 amide bonds. The van der Waals surface area contributed by atoms with Gasteiger partial charge in [-0.1, -0.05) is 31.2 Å². The molecule has 0 aliphatic rings. The first kappa shape index (κ1) is 12.8. The van der Waals surface area contributed by atoms with E-state index < -0.39 is 0 Å². The molecule has 3 aromatic rings. The molecule has 2 heterocycles. The molecule has 0 radical (unpaired) electrons. The average Bonchev–Trinajstić information content (AvgIpc) is 2.92. The van der Waals surface area contributed by atoms with Crippen molar-refractivity contribution in [1.82, 2.24) is 14.8 Å². The van der Waals surface area contributed by atoms with E-state index >= 15 is 0 Å². The number of fused-ring (bicyclic) bond motifs is 1. The molecule has 0 saturated heterocycles. The van der Waals surface area contributed by atoms with Gasteiger partial charge in [0, 0.05) is 23.8 Å². The van der Waals surface area contributed by atoms with E-state index in [9.17, 15) is 0 Å². The summed E-state index contributed by atoms with van der Waals surface area (Å²) in [6, 6.07) is 12.2. The highest BCUT2D eigenvalue weighted by atomic mass is 15.3. The van der Waals surface area contributed by atoms with Crippen LogP contribution in [0.3, 0.4) is 0 Å². The molecule has 3 rings (SSSR count). The Morgan fingerprint density at radius 3 is 2.75 bits per heavy atom. The Kier molecular flexibility index (Phi) is 3.48. The molecular weight excluding hydrogens is 248 g/mol. The van der Waals surface area contributed by atoms with Crippen LogP contribution < -0.4 is 5.73 Å². The van der Waals surface area contributed by atoms with Gasteiger partial charge in [-0.15, -0.1) is 0 Å². The van der Waals surface area contributed by atoms with Gasteiger partial charge in [-0.3, -0.25) is 9.67 Å². The molecule has 4 heteroatoms. The standard InChI is InChI=1S/C16H18N4/c1-2-14(17)16(13-7-5-9-18-10-13)20-15-8-4-3-6-12(15)11-19-20/h3-11,14,16H,2,17H2,1H3. The minimum atomic E-state index is 0.00232. The van der Waals surface area contributed by atoms with E-state index in [2.05, 4.69) is 35.2 Å². The predicted molar refractivity (Wildman–Crippen MR) is 80.4 cm³/mol. The molecule has 0 saturated carbocycles. The molecule has 2 atom stereocenters. The van der Waals surface area contributed by atoms with Crippen molar-refractivity contribution in [3.05, 3.63) is 60.6 Å². The summed E-state index contributed by atoms with van der Waals surface area (Å²) in [6.45, 7) is 2.10. The summed E-state index contributed by atoms with van der Waals surface area (Å²) in [6.07, 6.45) is 6.42. The van der Waals surface area contributed by atoms with Crippen LogP contribution in [0, 0.1) is 0 Å². The second kappa shape index (κ2) is 5.43. The van der Waals surface area contributed by atoms with Crippen LogP contribution in [-0.4, -0.2) is 20.8 Å². The topological polar surface area (TPSA) is 56.7 Å². The summed E-state index contributed by atoms with van der Waals surface area (Å²) < 4.78 is 2.01. The number of rotatable bonds is 4. The van der Waals surface area contributed by atoms with E-state index in [1.165, 1.54) is 0 Å². The fraction of sp³-hybridized carbons (Fsp3) is 0.250. The molecule has 4 nitrogen and oxygen atoms in total. The van der Waals surface area contributed by atoms with Crippen LogP contribution in [0.25, 0.3) is 10.9 Å². The normalized spacial score (nSPS) is 14.3. The van der Waals surface area contributed by atoms with Crippen molar-refractivity contribution >= 4 is 10.9 Å². The molecule has 2 unspecified atom stereocenters. The molecule has 0 aliphatic carbocycles. The van der Waals surface area contributed by atoms with Crippen molar-refractivity contribution in [3.63, 3.8) is 0 Å². The highest BCUT2D eigenvalue weighted by Gasteiger charge is 2.22. The molecule has 0 bridgehead atoms. The maximum Gasteiger partial charge on any atom is 0.0941 e. The average molecular weight is 266 g/mol. The third-order valence-corrected chi connectivity index (χ3v) is 3.67. The molecule has 0 fully saturated rings. The number of nitrogens with zero attached hydrogens (tertiary/aromatic N) is 3. The number of para-hydroxylation sites is 1. The van der Waals surface area contributed by atoms with Gasteiger partial charge in [0.1, 0.15) is 0 Å². The molecule has 0 spiro atoms. The van der Waals surface area contributed by atoms with Gasteiger partial charge >= 0.3 is 0 Å². The fourth-order valence-electron chi connectivity index (χ4n) is 2.56. The third-order valence-electron chi connectivity index (χ3n) is 3.67. The van der Waals surface area contributed by atoms with Crippen molar-refractivity contribution in [3.8, 4) is 0 Å². The van der Waals surface area contributed by atoms with Gasteiger partial charge in [-0.25, -0.2) is 0 Å². The van der Waals surface area contributed by atoms with E-state index in [-0.39, 0.29) is 12.1 Å². The van der Waals surface area contributed by atoms with E-state index in [0.717, 1.165) is 22.9 Å². The molecule has 2 aromatic heterocycles. The maximum absolute atomic E-state index is 6.34. The first-order valence-electron chi connectivity index (χ1n) is 6.89. The Hall–Kier alpha value is -2.20. The number of nitrogens with two attached hydrogens (primary N) is 1. The van der Waals surface area contributed by atoms with Gasteiger partial charge < -0.3 is 5.73 Å². The number of hydrogen-bond donors (Lipinski definition) is 1. The van der Waals surface area contributed by atoms with Gasteiger partial charge in [0.15, 0.2) is 0 Å². The summed E-state index contributed by atoms with van der Waals surface area (Å²) in [5, 5.41) is 5.68. The van der Waals surface area contributed by atoms with Crippen LogP contribution in [0.2, 0.25) is 0 Å². The van der Waals surface area contributed by atoms with Crippen LogP contribution in [0.15, 0.2) is 55.0 Å². The largest absolute Gasteiger partial charge is 0.326 e. The molecule has 102 valence electrons. The van der Waals surface area contributed by atoms with Crippen LogP contribution in [0.1, 0.15) is 24.9 Å². The lowest BCUT2D eigenvalue weighted by Gasteiger charge is -2.24. The van der Waals surface area contributed by atoms with Crippen molar-refractivity contribution in [2.75, 3.05) is 0 Å². The summed E-state index contributed by atoms with van der Waals surface area (Å²) in [4.78, 5) is 4.22. The fourth-order valence-corrected chi connectivity index (χ4v) is 2.56. The highest BCUT2D eigenvalue weighted by molar-refractivity contribution is 5.78. The molecular formula is C16H18N4. The van der Waals surface area contributed by atoms with Crippen molar-refractivity contribution in [2.45, 2.75) is 25.4 Å². The monoisotopic (exact) mass is 266 g/mol. The molecule has 20 heavy (non-hydrogen) atoms. The zero-order valence-corrected chi connectivity index (χ0v) is 11.5. The van der Waals surface area contributed by atoms with E-state index in [4.69, 9.17) is 5.73 Å². The van der Waals surface area contributed by atoms with E-state index in [1.54, 1.807) is 6.20 Å². The zero-order valence-electron chi connectivity index (χ0n) is 11.5. The Morgan fingerprint density at radius 2 is 2.00 bits per heavy atom. The van der Waals surface area contributed by atoms with Crippen molar-refractivity contribution in [2.24, 2.45) is 5.73 Å². The van der Waals surface area contributed by atoms with Crippen LogP contribution in [0.4, 0.5) is 0 Å². The first-order valence-corrected chi connectivity index (χ1v) is 6.89. The quantitative estimate of drug-likeness (QED) is 0.790. The lowest BCUT2D eigenvalue weighted by Crippen LogP contribution is -2.33. The summed E-state index contributed by atoms with van der Waals surface area (Å²) >= 11 is 0. The molecule has 0 aliphatic heterocycles. The summed E-state index contributed by atoms with van der Waals surface area (Å²) in [7, 11) is 0. The number of hydrogen-bond acceptors (Lipinski definition) is 3. The van der Waals surface area contributed by atoms with Crippen LogP contribution >= 0.6 is 0 Å². The van der Waals surface area contributed by atoms with Gasteiger partial charge in [-0.05, 0) is 24.1 Å². The maximum atomic E-state index is 6.34. The smallest absolute Gasteiger partial charge is 0.0941 e. The van der Waals surface area contributed by atoms with Crippen molar-refractivity contribution in [1.29, 1.82) is 0 Å². The van der Waals surface area contributed by atoms with Crippen LogP contribution in [0.5, 0.6) is 0 Å². The van der Waals surface area contributed by atoms with Gasteiger partial charge in [0.25, 0.3) is 0 Å². The lowest BCUT2D eigenvalue weighted by atomic mass is 9.99. The van der Waals surface area contributed by atoms with E-state index in [0.29, 0.717) is 0 Å². The molecule has 1 aromatic carbocycles. The second-order valence-corrected chi connectivity index (χ2v) is 4.95. The van der Waals surface area contributed by atoms with Gasteiger partial charge in [-0.2, -0.15) is 5.10 Å². The van der Waals surface area contributed by atoms with E-state index in [1.807, 2.05) is 35.3 Å². The minimum Gasteiger partial charge on any atom is -0.326 e. The molecule has 2 N–H and O–H groups in total. The Bertz CT molecular complexity index is 690. The third kappa shape index (κ3) is 2.18. The lowest BCUT2D eigenvalue weighted by molar-refractivity contribution is 0.434. The Labute approximate surface area is 118 Å². The highest BCUT2D eigenvalue weighted by Crippen LogP contribution is 2.26. The Balaban J connectivity index is 2.15. The van der Waals surface area contributed by atoms with Crippen molar-refractivity contribution < 1.29 is 0 Å². The van der Waals surface area contributed by atoms with Gasteiger partial charge in [0.05, 0.1) is 17.8 Å². The second-order valence-electron chi connectivity index (χ2n) is 4.95. The number of pyridine rings is 1. The minimum absolute atomic E-state index is 0.00232. The number of aromatic nitrogens is 3.